The predicted molar refractivity (Wildman–Crippen MR) is 75.8 cm³/mol. The lowest BCUT2D eigenvalue weighted by Crippen LogP contribution is -2.12. The van der Waals surface area contributed by atoms with Gasteiger partial charge < -0.3 is 14.8 Å². The molecule has 0 spiro atoms. The molecule has 102 valence electrons. The molecule has 0 amide bonds. The molecule has 2 aromatic heterocycles. The van der Waals surface area contributed by atoms with Crippen molar-refractivity contribution in [3.63, 3.8) is 0 Å². The van der Waals surface area contributed by atoms with Crippen LogP contribution >= 0.6 is 0 Å². The second-order valence-corrected chi connectivity index (χ2v) is 4.51. The van der Waals surface area contributed by atoms with Gasteiger partial charge in [-0.05, 0) is 24.4 Å². The van der Waals surface area contributed by atoms with Crippen molar-refractivity contribution in [2.24, 2.45) is 0 Å². The van der Waals surface area contributed by atoms with Crippen LogP contribution < -0.4 is 10.9 Å². The van der Waals surface area contributed by atoms with Gasteiger partial charge in [-0.3, -0.25) is 4.79 Å². The molecule has 3 aromatic rings. The Morgan fingerprint density at radius 1 is 1.35 bits per heavy atom. The summed E-state index contributed by atoms with van der Waals surface area (Å²) in [6.07, 6.45) is 0.607. The summed E-state index contributed by atoms with van der Waals surface area (Å²) in [6.45, 7) is 2.39. The summed E-state index contributed by atoms with van der Waals surface area (Å²) < 4.78 is 5.02. The van der Waals surface area contributed by atoms with Gasteiger partial charge in [0.05, 0.1) is 0 Å². The topological polar surface area (TPSA) is 83.8 Å². The zero-order valence-electron chi connectivity index (χ0n) is 11.0. The third-order valence-electron chi connectivity index (χ3n) is 2.98. The summed E-state index contributed by atoms with van der Waals surface area (Å²) in [5.74, 6) is 1.89. The summed E-state index contributed by atoms with van der Waals surface area (Å²) in [4.78, 5) is 18.8. The molecule has 0 saturated carbocycles. The maximum atomic E-state index is 11.9. The maximum absolute atomic E-state index is 11.9. The number of hydrogen-bond donors (Lipinski definition) is 2. The Labute approximate surface area is 114 Å². The molecule has 6 nitrogen and oxygen atoms in total. The highest BCUT2D eigenvalue weighted by Crippen LogP contribution is 2.12. The number of fused-ring (bicyclic) bond motifs is 1. The van der Waals surface area contributed by atoms with Crippen molar-refractivity contribution in [1.29, 1.82) is 0 Å². The van der Waals surface area contributed by atoms with Gasteiger partial charge in [0.1, 0.15) is 5.82 Å². The molecule has 2 heterocycles. The first-order chi connectivity index (χ1) is 9.72. The van der Waals surface area contributed by atoms with Crippen molar-refractivity contribution in [3.05, 3.63) is 52.4 Å². The molecule has 1 aromatic carbocycles. The molecular weight excluding hydrogens is 256 g/mol. The quantitative estimate of drug-likeness (QED) is 0.756. The lowest BCUT2D eigenvalue weighted by atomic mass is 10.2. The third-order valence-corrected chi connectivity index (χ3v) is 2.98. The number of aromatic nitrogens is 3. The van der Waals surface area contributed by atoms with E-state index >= 15 is 0 Å². The van der Waals surface area contributed by atoms with Crippen molar-refractivity contribution in [1.82, 2.24) is 15.1 Å². The predicted octanol–water partition coefficient (Wildman–Crippen LogP) is 1.87. The Bertz CT molecular complexity index is 791. The first-order valence-electron chi connectivity index (χ1n) is 6.37. The van der Waals surface area contributed by atoms with Crippen molar-refractivity contribution in [2.45, 2.75) is 13.3 Å². The Morgan fingerprint density at radius 2 is 2.20 bits per heavy atom. The van der Waals surface area contributed by atoms with Gasteiger partial charge in [0, 0.05) is 18.4 Å². The van der Waals surface area contributed by atoms with Crippen LogP contribution in [0.2, 0.25) is 0 Å². The zero-order chi connectivity index (χ0) is 13.9. The van der Waals surface area contributed by atoms with Gasteiger partial charge in [-0.2, -0.15) is 4.98 Å². The molecule has 6 heteroatoms. The van der Waals surface area contributed by atoms with E-state index in [1.165, 1.54) is 0 Å². The van der Waals surface area contributed by atoms with Gasteiger partial charge in [-0.25, -0.2) is 0 Å². The normalized spacial score (nSPS) is 10.8. The monoisotopic (exact) mass is 270 g/mol. The van der Waals surface area contributed by atoms with Gasteiger partial charge in [-0.15, -0.1) is 0 Å². The largest absolute Gasteiger partial charge is 0.371 e. The summed E-state index contributed by atoms with van der Waals surface area (Å²) >= 11 is 0. The first kappa shape index (κ1) is 12.4. The summed E-state index contributed by atoms with van der Waals surface area (Å²) in [5, 5.41) is 8.47. The molecule has 3 rings (SSSR count). The van der Waals surface area contributed by atoms with Crippen molar-refractivity contribution in [3.8, 4) is 0 Å². The number of benzene rings is 1. The molecule has 0 saturated heterocycles. The van der Waals surface area contributed by atoms with Crippen LogP contribution in [0.25, 0.3) is 10.8 Å². The molecule has 0 atom stereocenters. The van der Waals surface area contributed by atoms with Crippen molar-refractivity contribution in [2.75, 3.05) is 11.9 Å². The summed E-state index contributed by atoms with van der Waals surface area (Å²) in [5.41, 5.74) is -0.0979. The standard InChI is InChI=1S/C14H14N4O2/c1-9-16-13(20-18-9)6-7-15-12-8-10-4-2-3-5-11(10)14(19)17-12/h2-5,8H,6-7H2,1H3,(H2,15,17,19). The van der Waals surface area contributed by atoms with Gasteiger partial charge in [0.2, 0.25) is 5.89 Å². The van der Waals surface area contributed by atoms with Crippen LogP contribution in [0.3, 0.4) is 0 Å². The third kappa shape index (κ3) is 2.54. The highest BCUT2D eigenvalue weighted by molar-refractivity contribution is 5.83. The Balaban J connectivity index is 1.73. The smallest absolute Gasteiger partial charge is 0.257 e. The summed E-state index contributed by atoms with van der Waals surface area (Å²) in [6, 6.07) is 9.39. The van der Waals surface area contributed by atoms with E-state index < -0.39 is 0 Å². The second kappa shape index (κ2) is 5.16. The number of H-pyrrole nitrogens is 1. The molecule has 0 radical (unpaired) electrons. The van der Waals surface area contributed by atoms with Gasteiger partial charge in [0.15, 0.2) is 5.82 Å². The fraction of sp³-hybridized carbons (Fsp3) is 0.214. The average molecular weight is 270 g/mol. The SMILES string of the molecule is Cc1noc(CCNc2cc3ccccc3c(=O)[nH]2)n1. The molecule has 0 aliphatic heterocycles. The lowest BCUT2D eigenvalue weighted by molar-refractivity contribution is 0.377. The molecule has 0 fully saturated rings. The van der Waals surface area contributed by atoms with Crippen LogP contribution in [-0.2, 0) is 6.42 Å². The molecule has 2 N–H and O–H groups in total. The Kier molecular flexibility index (Phi) is 3.20. The number of nitrogens with zero attached hydrogens (tertiary/aromatic N) is 2. The molecule has 0 unspecified atom stereocenters. The van der Waals surface area contributed by atoms with E-state index in [2.05, 4.69) is 20.4 Å². The molecular formula is C14H14N4O2. The summed E-state index contributed by atoms with van der Waals surface area (Å²) in [7, 11) is 0. The minimum absolute atomic E-state index is 0.0979. The van der Waals surface area contributed by atoms with E-state index in [4.69, 9.17) is 4.52 Å². The number of nitrogens with one attached hydrogen (secondary N) is 2. The number of hydrogen-bond acceptors (Lipinski definition) is 5. The van der Waals surface area contributed by atoms with E-state index in [0.29, 0.717) is 35.9 Å². The zero-order valence-corrected chi connectivity index (χ0v) is 11.0. The molecule has 20 heavy (non-hydrogen) atoms. The number of aryl methyl sites for hydroxylation is 1. The van der Waals surface area contributed by atoms with Crippen LogP contribution in [-0.4, -0.2) is 21.7 Å². The number of rotatable bonds is 4. The number of pyridine rings is 1. The van der Waals surface area contributed by atoms with E-state index in [0.717, 1.165) is 5.39 Å². The van der Waals surface area contributed by atoms with E-state index in [9.17, 15) is 4.79 Å². The molecule has 0 aliphatic carbocycles. The van der Waals surface area contributed by atoms with Crippen LogP contribution in [0, 0.1) is 6.92 Å². The Morgan fingerprint density at radius 3 is 3.00 bits per heavy atom. The number of aromatic amines is 1. The highest BCUT2D eigenvalue weighted by atomic mass is 16.5. The van der Waals surface area contributed by atoms with Crippen LogP contribution in [0.15, 0.2) is 39.6 Å². The fourth-order valence-electron chi connectivity index (χ4n) is 2.05. The number of anilines is 1. The maximum Gasteiger partial charge on any atom is 0.257 e. The van der Waals surface area contributed by atoms with E-state index in [-0.39, 0.29) is 5.56 Å². The minimum Gasteiger partial charge on any atom is -0.371 e. The second-order valence-electron chi connectivity index (χ2n) is 4.51. The lowest BCUT2D eigenvalue weighted by Gasteiger charge is -2.05. The first-order valence-corrected chi connectivity index (χ1v) is 6.37. The van der Waals surface area contributed by atoms with Crippen molar-refractivity contribution < 1.29 is 4.52 Å². The van der Waals surface area contributed by atoms with Gasteiger partial charge in [0.25, 0.3) is 5.56 Å². The Hall–Kier alpha value is -2.63. The van der Waals surface area contributed by atoms with E-state index in [1.807, 2.05) is 24.3 Å². The average Bonchev–Trinajstić information content (AvgIpc) is 2.85. The van der Waals surface area contributed by atoms with Crippen LogP contribution in [0.4, 0.5) is 5.82 Å². The van der Waals surface area contributed by atoms with Gasteiger partial charge in [-0.1, -0.05) is 23.4 Å². The molecule has 0 bridgehead atoms. The van der Waals surface area contributed by atoms with Gasteiger partial charge >= 0.3 is 0 Å². The van der Waals surface area contributed by atoms with Crippen LogP contribution in [0.5, 0.6) is 0 Å². The highest BCUT2D eigenvalue weighted by Gasteiger charge is 2.04. The van der Waals surface area contributed by atoms with Crippen molar-refractivity contribution >= 4 is 16.6 Å². The van der Waals surface area contributed by atoms with E-state index in [1.54, 1.807) is 13.0 Å². The fourth-order valence-corrected chi connectivity index (χ4v) is 2.05. The van der Waals surface area contributed by atoms with Crippen LogP contribution in [0.1, 0.15) is 11.7 Å². The minimum atomic E-state index is -0.0979. The molecule has 0 aliphatic rings.